The predicted molar refractivity (Wildman–Crippen MR) is 136 cm³/mol. The SMILES string of the molecule is COC(=O)CC[C@@H](C)C1CC[C@@]2(C)[C@@H]3C(=O)C[C@H]4C(C)(C)[C@@H](OC(C)=O)CC[C@]4(C)[C@H]3C(=O)C[C@]12C. The van der Waals surface area contributed by atoms with E-state index in [9.17, 15) is 19.2 Å². The van der Waals surface area contributed by atoms with Gasteiger partial charge in [0.1, 0.15) is 17.7 Å². The van der Waals surface area contributed by atoms with E-state index >= 15 is 0 Å². The van der Waals surface area contributed by atoms with E-state index in [2.05, 4.69) is 41.5 Å². The largest absolute Gasteiger partial charge is 0.469 e. The lowest BCUT2D eigenvalue weighted by atomic mass is 9.37. The maximum atomic E-state index is 14.2. The van der Waals surface area contributed by atoms with Gasteiger partial charge < -0.3 is 9.47 Å². The Balaban J connectivity index is 1.67. The van der Waals surface area contributed by atoms with Gasteiger partial charge in [-0.05, 0) is 66.1 Å². The minimum Gasteiger partial charge on any atom is -0.469 e. The molecular weight excluding hydrogens is 456 g/mol. The number of hydrogen-bond donors (Lipinski definition) is 0. The van der Waals surface area contributed by atoms with Gasteiger partial charge in [0.15, 0.2) is 0 Å². The summed E-state index contributed by atoms with van der Waals surface area (Å²) in [6.45, 7) is 14.6. The fourth-order valence-corrected chi connectivity index (χ4v) is 9.87. The molecule has 0 bridgehead atoms. The Hall–Kier alpha value is -1.72. The lowest BCUT2D eigenvalue weighted by molar-refractivity contribution is -0.206. The Morgan fingerprint density at radius 2 is 1.64 bits per heavy atom. The summed E-state index contributed by atoms with van der Waals surface area (Å²) in [6.07, 6.45) is 5.30. The number of methoxy groups -OCH3 is 1. The van der Waals surface area contributed by atoms with Crippen LogP contribution in [0.15, 0.2) is 0 Å². The molecule has 1 unspecified atom stereocenters. The molecule has 6 heteroatoms. The number of Topliss-reactive ketones (excluding diaryl/α,β-unsaturated/α-hetero) is 2. The molecule has 0 aromatic rings. The van der Waals surface area contributed by atoms with Crippen molar-refractivity contribution in [3.63, 3.8) is 0 Å². The Labute approximate surface area is 216 Å². The third-order valence-corrected chi connectivity index (χ3v) is 12.0. The van der Waals surface area contributed by atoms with Gasteiger partial charge >= 0.3 is 11.9 Å². The fourth-order valence-electron chi connectivity index (χ4n) is 9.87. The van der Waals surface area contributed by atoms with Gasteiger partial charge in [0.2, 0.25) is 0 Å². The summed E-state index contributed by atoms with van der Waals surface area (Å²) in [5, 5.41) is 0. The van der Waals surface area contributed by atoms with Gasteiger partial charge in [-0.2, -0.15) is 0 Å². The molecule has 4 aliphatic carbocycles. The van der Waals surface area contributed by atoms with Gasteiger partial charge in [-0.15, -0.1) is 0 Å². The molecule has 0 N–H and O–H groups in total. The van der Waals surface area contributed by atoms with Gasteiger partial charge in [-0.3, -0.25) is 19.2 Å². The van der Waals surface area contributed by atoms with Crippen molar-refractivity contribution in [2.75, 3.05) is 7.11 Å². The van der Waals surface area contributed by atoms with Crippen LogP contribution < -0.4 is 0 Å². The number of ether oxygens (including phenoxy) is 2. The van der Waals surface area contributed by atoms with Gasteiger partial charge in [0, 0.05) is 43.4 Å². The lowest BCUT2D eigenvalue weighted by Gasteiger charge is -2.65. The molecule has 202 valence electrons. The highest BCUT2D eigenvalue weighted by molar-refractivity contribution is 5.95. The van der Waals surface area contributed by atoms with Gasteiger partial charge in [0.05, 0.1) is 7.11 Å². The zero-order valence-corrected chi connectivity index (χ0v) is 23.6. The van der Waals surface area contributed by atoms with E-state index in [0.29, 0.717) is 25.2 Å². The van der Waals surface area contributed by atoms with E-state index < -0.39 is 0 Å². The van der Waals surface area contributed by atoms with Crippen LogP contribution in [0.3, 0.4) is 0 Å². The molecule has 6 nitrogen and oxygen atoms in total. The first kappa shape index (κ1) is 27.3. The number of hydrogen-bond acceptors (Lipinski definition) is 6. The molecule has 36 heavy (non-hydrogen) atoms. The molecule has 4 fully saturated rings. The van der Waals surface area contributed by atoms with Crippen molar-refractivity contribution in [3.05, 3.63) is 0 Å². The molecule has 4 aliphatic rings. The van der Waals surface area contributed by atoms with E-state index in [1.54, 1.807) is 0 Å². The molecule has 0 amide bonds. The van der Waals surface area contributed by atoms with Crippen LogP contribution in [0.25, 0.3) is 0 Å². The van der Waals surface area contributed by atoms with Crippen LogP contribution in [0.5, 0.6) is 0 Å². The topological polar surface area (TPSA) is 86.7 Å². The number of rotatable bonds is 5. The Morgan fingerprint density at radius 3 is 2.25 bits per heavy atom. The quantitative estimate of drug-likeness (QED) is 0.458. The second-order valence-corrected chi connectivity index (χ2v) is 13.9. The van der Waals surface area contributed by atoms with E-state index in [-0.39, 0.29) is 74.9 Å². The van der Waals surface area contributed by atoms with Gasteiger partial charge in [-0.25, -0.2) is 0 Å². The van der Waals surface area contributed by atoms with Crippen LogP contribution >= 0.6 is 0 Å². The first-order valence-electron chi connectivity index (χ1n) is 13.9. The molecular formula is C30H46O6. The van der Waals surface area contributed by atoms with Crippen molar-refractivity contribution in [2.24, 2.45) is 51.2 Å². The Bertz CT molecular complexity index is 953. The van der Waals surface area contributed by atoms with E-state index in [4.69, 9.17) is 9.47 Å². The summed E-state index contributed by atoms with van der Waals surface area (Å²) >= 11 is 0. The average Bonchev–Trinajstić information content (AvgIpc) is 3.06. The van der Waals surface area contributed by atoms with Crippen LogP contribution in [0, 0.1) is 51.2 Å². The maximum Gasteiger partial charge on any atom is 0.305 e. The van der Waals surface area contributed by atoms with Crippen LogP contribution in [-0.4, -0.2) is 36.7 Å². The summed E-state index contributed by atoms with van der Waals surface area (Å²) in [5.41, 5.74) is -1.15. The number of carbonyl (C=O) groups is 4. The van der Waals surface area contributed by atoms with Crippen molar-refractivity contribution in [1.29, 1.82) is 0 Å². The molecule has 4 rings (SSSR count). The van der Waals surface area contributed by atoms with Crippen LogP contribution in [0.1, 0.15) is 99.8 Å². The standard InChI is InChI=1S/C30H46O6/c1-17(9-10-24(34)35-8)19-11-14-29(6)26-20(32)15-22-27(3,4)23(36-18(2)31)12-13-28(22,5)25(26)21(33)16-30(19,29)7/h17,19,22-23,25-26H,9-16H2,1-8H3/t17-,19?,22+,23+,25+,26-,28+,29+,30-/m1/s1. The van der Waals surface area contributed by atoms with Crippen LogP contribution in [0.2, 0.25) is 0 Å². The van der Waals surface area contributed by atoms with Crippen molar-refractivity contribution < 1.29 is 28.7 Å². The number of carbonyl (C=O) groups excluding carboxylic acids is 4. The number of ketones is 2. The third-order valence-electron chi connectivity index (χ3n) is 12.0. The molecule has 0 spiro atoms. The summed E-state index contributed by atoms with van der Waals surface area (Å²) < 4.78 is 10.6. The Kier molecular flexibility index (Phi) is 6.78. The number of fused-ring (bicyclic) bond motifs is 5. The zero-order chi connectivity index (χ0) is 26.8. The molecule has 0 aliphatic heterocycles. The fraction of sp³-hybridized carbons (Fsp3) is 0.867. The molecule has 0 radical (unpaired) electrons. The van der Waals surface area contributed by atoms with Crippen molar-refractivity contribution in [2.45, 2.75) is 106 Å². The van der Waals surface area contributed by atoms with Gasteiger partial charge in [-0.1, -0.05) is 41.5 Å². The van der Waals surface area contributed by atoms with Crippen molar-refractivity contribution in [1.82, 2.24) is 0 Å². The highest BCUT2D eigenvalue weighted by Crippen LogP contribution is 2.73. The van der Waals surface area contributed by atoms with E-state index in [1.807, 2.05) is 0 Å². The minimum absolute atomic E-state index is 0.00457. The second-order valence-electron chi connectivity index (χ2n) is 13.9. The minimum atomic E-state index is -0.373. The van der Waals surface area contributed by atoms with Gasteiger partial charge in [0.25, 0.3) is 0 Å². The van der Waals surface area contributed by atoms with E-state index in [0.717, 1.165) is 32.1 Å². The summed E-state index contributed by atoms with van der Waals surface area (Å²) in [7, 11) is 1.42. The van der Waals surface area contributed by atoms with Crippen molar-refractivity contribution >= 4 is 23.5 Å². The zero-order valence-electron chi connectivity index (χ0n) is 23.6. The Morgan fingerprint density at radius 1 is 0.972 bits per heavy atom. The normalized spacial score (nSPS) is 44.2. The molecule has 4 saturated carbocycles. The van der Waals surface area contributed by atoms with Crippen LogP contribution in [0.4, 0.5) is 0 Å². The van der Waals surface area contributed by atoms with E-state index in [1.165, 1.54) is 14.0 Å². The highest BCUT2D eigenvalue weighted by atomic mass is 16.5. The molecule has 0 aromatic carbocycles. The molecule has 0 aromatic heterocycles. The second kappa shape index (κ2) is 8.94. The average molecular weight is 503 g/mol. The van der Waals surface area contributed by atoms with Crippen LogP contribution in [-0.2, 0) is 28.7 Å². The first-order valence-corrected chi connectivity index (χ1v) is 13.9. The summed E-state index contributed by atoms with van der Waals surface area (Å²) in [5.74, 6) is 0.0372. The highest BCUT2D eigenvalue weighted by Gasteiger charge is 2.72. The number of esters is 2. The van der Waals surface area contributed by atoms with Crippen molar-refractivity contribution in [3.8, 4) is 0 Å². The lowest BCUT2D eigenvalue weighted by Crippen LogP contribution is -2.67. The first-order chi connectivity index (χ1) is 16.6. The smallest absolute Gasteiger partial charge is 0.305 e. The summed E-state index contributed by atoms with van der Waals surface area (Å²) in [4.78, 5) is 51.8. The third kappa shape index (κ3) is 3.79. The summed E-state index contributed by atoms with van der Waals surface area (Å²) in [6, 6.07) is 0. The molecule has 0 saturated heterocycles. The molecule has 0 heterocycles. The maximum absolute atomic E-state index is 14.2. The molecule has 9 atom stereocenters. The predicted octanol–water partition coefficient (Wildman–Crippen LogP) is 5.55. The monoisotopic (exact) mass is 502 g/mol.